The van der Waals surface area contributed by atoms with Crippen LogP contribution in [0.15, 0.2) is 30.3 Å². The van der Waals surface area contributed by atoms with Gasteiger partial charge in [0.2, 0.25) is 0 Å². The zero-order chi connectivity index (χ0) is 14.6. The molecule has 0 saturated heterocycles. The van der Waals surface area contributed by atoms with E-state index >= 15 is 0 Å². The van der Waals surface area contributed by atoms with Crippen LogP contribution in [0.1, 0.15) is 18.9 Å². The van der Waals surface area contributed by atoms with E-state index in [0.29, 0.717) is 18.8 Å². The molecule has 5 nitrogen and oxygen atoms in total. The summed E-state index contributed by atoms with van der Waals surface area (Å²) in [5.41, 5.74) is 6.86. The first kappa shape index (κ1) is 14.7. The lowest BCUT2D eigenvalue weighted by molar-refractivity contribution is 0.132. The minimum Gasteiger partial charge on any atom is -0.394 e. The highest BCUT2D eigenvalue weighted by Gasteiger charge is 2.26. The lowest BCUT2D eigenvalue weighted by Gasteiger charge is -2.30. The molecule has 0 saturated carbocycles. The Bertz CT molecular complexity index is 574. The summed E-state index contributed by atoms with van der Waals surface area (Å²) in [5, 5.41) is 23.2. The van der Waals surface area contributed by atoms with Crippen LogP contribution in [0.2, 0.25) is 0 Å². The van der Waals surface area contributed by atoms with Gasteiger partial charge in [0.05, 0.1) is 24.3 Å². The van der Waals surface area contributed by atoms with Gasteiger partial charge in [0.25, 0.3) is 0 Å². The number of fused-ring (bicyclic) bond motifs is 1. The number of aromatic nitrogens is 1. The molecule has 20 heavy (non-hydrogen) atoms. The van der Waals surface area contributed by atoms with E-state index in [9.17, 15) is 10.2 Å². The number of aliphatic hydroxyl groups excluding tert-OH is 2. The second-order valence-corrected chi connectivity index (χ2v) is 4.96. The Labute approximate surface area is 118 Å². The first-order valence-electron chi connectivity index (χ1n) is 6.76. The quantitative estimate of drug-likeness (QED) is 0.636. The number of anilines is 1. The lowest BCUT2D eigenvalue weighted by atomic mass is 9.98. The van der Waals surface area contributed by atoms with Crippen LogP contribution >= 0.6 is 0 Å². The Morgan fingerprint density at radius 2 is 1.95 bits per heavy atom. The van der Waals surface area contributed by atoms with Crippen LogP contribution in [0, 0.1) is 0 Å². The third kappa shape index (κ3) is 2.75. The molecule has 0 bridgehead atoms. The fraction of sp³-hybridized carbons (Fsp3) is 0.400. The lowest BCUT2D eigenvalue weighted by Crippen LogP contribution is -2.45. The van der Waals surface area contributed by atoms with Crippen molar-refractivity contribution >= 4 is 16.7 Å². The van der Waals surface area contributed by atoms with Gasteiger partial charge in [-0.2, -0.15) is 0 Å². The van der Waals surface area contributed by atoms with Crippen molar-refractivity contribution in [2.75, 3.05) is 18.5 Å². The van der Waals surface area contributed by atoms with Gasteiger partial charge in [-0.05, 0) is 24.1 Å². The summed E-state index contributed by atoms with van der Waals surface area (Å²) in [7, 11) is 0. The van der Waals surface area contributed by atoms with Gasteiger partial charge in [-0.3, -0.25) is 0 Å². The minimum absolute atomic E-state index is 0.160. The van der Waals surface area contributed by atoms with Gasteiger partial charge in [0.15, 0.2) is 0 Å². The highest BCUT2D eigenvalue weighted by atomic mass is 16.3. The Hall–Kier alpha value is -1.69. The summed E-state index contributed by atoms with van der Waals surface area (Å²) in [6.45, 7) is 2.00. The van der Waals surface area contributed by atoms with E-state index in [-0.39, 0.29) is 13.2 Å². The van der Waals surface area contributed by atoms with Gasteiger partial charge < -0.3 is 21.3 Å². The predicted molar refractivity (Wildman–Crippen MR) is 80.5 cm³/mol. The highest BCUT2D eigenvalue weighted by molar-refractivity contribution is 5.84. The molecule has 0 radical (unpaired) electrons. The van der Waals surface area contributed by atoms with Crippen LogP contribution < -0.4 is 11.1 Å². The molecule has 5 N–H and O–H groups in total. The molecule has 2 rings (SSSR count). The standard InChI is InChI=1S/C15H21N3O2/c1-2-15(9-19,10-20)18-14-7-11(8-16)12-5-3-4-6-13(12)17-14/h3-7,19-20H,2,8-10,16H2,1H3,(H,17,18). The molecule has 0 aliphatic carbocycles. The van der Waals surface area contributed by atoms with Crippen LogP contribution in [0.3, 0.4) is 0 Å². The second kappa shape index (κ2) is 6.17. The first-order valence-corrected chi connectivity index (χ1v) is 6.76. The topological polar surface area (TPSA) is 91.4 Å². The number of nitrogens with two attached hydrogens (primary N) is 1. The number of benzene rings is 1. The molecule has 1 aromatic heterocycles. The van der Waals surface area contributed by atoms with E-state index < -0.39 is 5.54 Å². The molecule has 1 aromatic carbocycles. The van der Waals surface area contributed by atoms with Gasteiger partial charge in [0.1, 0.15) is 5.82 Å². The van der Waals surface area contributed by atoms with Crippen molar-refractivity contribution in [3.63, 3.8) is 0 Å². The maximum Gasteiger partial charge on any atom is 0.127 e. The van der Waals surface area contributed by atoms with Crippen molar-refractivity contribution in [3.8, 4) is 0 Å². The molecule has 1 heterocycles. The van der Waals surface area contributed by atoms with Crippen molar-refractivity contribution in [1.29, 1.82) is 0 Å². The fourth-order valence-electron chi connectivity index (χ4n) is 2.19. The Morgan fingerprint density at radius 1 is 1.25 bits per heavy atom. The van der Waals surface area contributed by atoms with Crippen molar-refractivity contribution in [3.05, 3.63) is 35.9 Å². The fourth-order valence-corrected chi connectivity index (χ4v) is 2.19. The zero-order valence-electron chi connectivity index (χ0n) is 11.6. The molecule has 0 unspecified atom stereocenters. The van der Waals surface area contributed by atoms with E-state index in [1.807, 2.05) is 37.3 Å². The Morgan fingerprint density at radius 3 is 2.55 bits per heavy atom. The van der Waals surface area contributed by atoms with E-state index in [1.54, 1.807) is 0 Å². The van der Waals surface area contributed by atoms with Crippen LogP contribution in [0.5, 0.6) is 0 Å². The summed E-state index contributed by atoms with van der Waals surface area (Å²) >= 11 is 0. The average Bonchev–Trinajstić information content (AvgIpc) is 2.52. The van der Waals surface area contributed by atoms with Crippen LogP contribution in [0.4, 0.5) is 5.82 Å². The van der Waals surface area contributed by atoms with E-state index in [4.69, 9.17) is 5.73 Å². The smallest absolute Gasteiger partial charge is 0.127 e. The number of hydrogen-bond acceptors (Lipinski definition) is 5. The number of para-hydroxylation sites is 1. The Kier molecular flexibility index (Phi) is 4.54. The third-order valence-electron chi connectivity index (χ3n) is 3.70. The van der Waals surface area contributed by atoms with Gasteiger partial charge in [-0.15, -0.1) is 0 Å². The average molecular weight is 275 g/mol. The summed E-state index contributed by atoms with van der Waals surface area (Å²) in [6.07, 6.45) is 0.590. The highest BCUT2D eigenvalue weighted by Crippen LogP contribution is 2.23. The van der Waals surface area contributed by atoms with Gasteiger partial charge >= 0.3 is 0 Å². The molecular formula is C15H21N3O2. The van der Waals surface area contributed by atoms with Crippen molar-refractivity contribution in [1.82, 2.24) is 4.98 Å². The molecule has 0 aliphatic heterocycles. The molecule has 0 atom stereocenters. The number of hydrogen-bond donors (Lipinski definition) is 4. The van der Waals surface area contributed by atoms with Crippen LogP contribution in [-0.4, -0.2) is 33.9 Å². The predicted octanol–water partition coefficient (Wildman–Crippen LogP) is 1.24. The second-order valence-electron chi connectivity index (χ2n) is 4.96. The maximum atomic E-state index is 9.50. The summed E-state index contributed by atoms with van der Waals surface area (Å²) in [6, 6.07) is 9.65. The van der Waals surface area contributed by atoms with E-state index in [2.05, 4.69) is 10.3 Å². The zero-order valence-corrected chi connectivity index (χ0v) is 11.6. The van der Waals surface area contributed by atoms with Crippen molar-refractivity contribution < 1.29 is 10.2 Å². The van der Waals surface area contributed by atoms with Crippen LogP contribution in [0.25, 0.3) is 10.9 Å². The summed E-state index contributed by atoms with van der Waals surface area (Å²) < 4.78 is 0. The first-order chi connectivity index (χ1) is 9.68. The number of pyridine rings is 1. The van der Waals surface area contributed by atoms with Gasteiger partial charge in [-0.25, -0.2) is 4.98 Å². The molecule has 0 aliphatic rings. The summed E-state index contributed by atoms with van der Waals surface area (Å²) in [5.74, 6) is 0.620. The number of rotatable bonds is 6. The molecule has 0 amide bonds. The van der Waals surface area contributed by atoms with Crippen LogP contribution in [-0.2, 0) is 6.54 Å². The molecular weight excluding hydrogens is 254 g/mol. The third-order valence-corrected chi connectivity index (χ3v) is 3.70. The SMILES string of the molecule is CCC(CO)(CO)Nc1cc(CN)c2ccccc2n1. The van der Waals surface area contributed by atoms with Gasteiger partial charge in [-0.1, -0.05) is 25.1 Å². The van der Waals surface area contributed by atoms with E-state index in [1.165, 1.54) is 0 Å². The molecule has 0 spiro atoms. The number of nitrogens with one attached hydrogen (secondary N) is 1. The molecule has 5 heteroatoms. The molecule has 0 fully saturated rings. The monoisotopic (exact) mass is 275 g/mol. The summed E-state index contributed by atoms with van der Waals surface area (Å²) in [4.78, 5) is 4.52. The van der Waals surface area contributed by atoms with Gasteiger partial charge in [0, 0.05) is 11.9 Å². The molecule has 108 valence electrons. The number of nitrogens with zero attached hydrogens (tertiary/aromatic N) is 1. The van der Waals surface area contributed by atoms with Crippen molar-refractivity contribution in [2.45, 2.75) is 25.4 Å². The van der Waals surface area contributed by atoms with Crippen molar-refractivity contribution in [2.24, 2.45) is 5.73 Å². The largest absolute Gasteiger partial charge is 0.394 e. The minimum atomic E-state index is -0.763. The van der Waals surface area contributed by atoms with E-state index in [0.717, 1.165) is 16.5 Å². The number of aliphatic hydroxyl groups is 2. The molecule has 2 aromatic rings. The normalized spacial score (nSPS) is 11.8. The maximum absolute atomic E-state index is 9.50. The Balaban J connectivity index is 2.45.